The zero-order chi connectivity index (χ0) is 19.1. The van der Waals surface area contributed by atoms with Gasteiger partial charge in [0.2, 0.25) is 5.91 Å². The SMILES string of the molecule is CN(C)C(=O)Cc1nc(-c2ccccc2)nc2c1c1cc(Cl)ccc1n2C. The third kappa shape index (κ3) is 3.04. The smallest absolute Gasteiger partial charge is 0.228 e. The van der Waals surface area contributed by atoms with Crippen LogP contribution in [0.2, 0.25) is 5.02 Å². The average molecular weight is 379 g/mol. The minimum atomic E-state index is -0.00644. The van der Waals surface area contributed by atoms with Crippen molar-refractivity contribution < 1.29 is 4.79 Å². The second-order valence-corrected chi connectivity index (χ2v) is 7.18. The molecular formula is C21H19ClN4O. The van der Waals surface area contributed by atoms with Crippen molar-refractivity contribution in [3.8, 4) is 11.4 Å². The summed E-state index contributed by atoms with van der Waals surface area (Å²) in [4.78, 5) is 23.6. The van der Waals surface area contributed by atoms with E-state index in [-0.39, 0.29) is 12.3 Å². The number of carbonyl (C=O) groups is 1. The van der Waals surface area contributed by atoms with E-state index in [1.165, 1.54) is 0 Å². The van der Waals surface area contributed by atoms with Crippen LogP contribution in [0.4, 0.5) is 0 Å². The summed E-state index contributed by atoms with van der Waals surface area (Å²) in [5.74, 6) is 0.606. The second-order valence-electron chi connectivity index (χ2n) is 6.74. The fourth-order valence-electron chi connectivity index (χ4n) is 3.27. The third-order valence-corrected chi connectivity index (χ3v) is 4.96. The van der Waals surface area contributed by atoms with Crippen molar-refractivity contribution >= 4 is 39.4 Å². The molecule has 0 bridgehead atoms. The first-order valence-electron chi connectivity index (χ1n) is 8.66. The molecule has 2 heterocycles. The first-order valence-corrected chi connectivity index (χ1v) is 9.03. The van der Waals surface area contributed by atoms with E-state index >= 15 is 0 Å². The first kappa shape index (κ1) is 17.5. The third-order valence-electron chi connectivity index (χ3n) is 4.72. The van der Waals surface area contributed by atoms with Crippen LogP contribution >= 0.6 is 11.6 Å². The fourth-order valence-corrected chi connectivity index (χ4v) is 3.45. The van der Waals surface area contributed by atoms with Crippen LogP contribution in [-0.4, -0.2) is 39.4 Å². The standard InChI is InChI=1S/C21H19ClN4O/c1-25(2)18(27)12-16-19-15-11-14(22)9-10-17(15)26(3)21(19)24-20(23-16)13-7-5-4-6-8-13/h4-11H,12H2,1-3H3. The lowest BCUT2D eigenvalue weighted by atomic mass is 10.1. The Morgan fingerprint density at radius 1 is 1.11 bits per heavy atom. The zero-order valence-corrected chi connectivity index (χ0v) is 16.2. The highest BCUT2D eigenvalue weighted by atomic mass is 35.5. The number of halogens is 1. The Morgan fingerprint density at radius 3 is 2.56 bits per heavy atom. The van der Waals surface area contributed by atoms with E-state index in [1.807, 2.05) is 60.1 Å². The maximum Gasteiger partial charge on any atom is 0.228 e. The number of benzene rings is 2. The van der Waals surface area contributed by atoms with Crippen molar-refractivity contribution in [1.82, 2.24) is 19.4 Å². The van der Waals surface area contributed by atoms with E-state index in [1.54, 1.807) is 19.0 Å². The molecule has 0 aliphatic heterocycles. The van der Waals surface area contributed by atoms with Crippen molar-refractivity contribution in [3.05, 3.63) is 59.2 Å². The number of fused-ring (bicyclic) bond motifs is 3. The molecule has 2 aromatic heterocycles. The van der Waals surface area contributed by atoms with Gasteiger partial charge in [-0.1, -0.05) is 41.9 Å². The van der Waals surface area contributed by atoms with Crippen LogP contribution in [0.1, 0.15) is 5.69 Å². The highest BCUT2D eigenvalue weighted by Gasteiger charge is 2.19. The van der Waals surface area contributed by atoms with Crippen molar-refractivity contribution in [2.24, 2.45) is 7.05 Å². The molecule has 4 aromatic rings. The van der Waals surface area contributed by atoms with Crippen LogP contribution in [0.15, 0.2) is 48.5 Å². The van der Waals surface area contributed by atoms with Crippen molar-refractivity contribution in [2.45, 2.75) is 6.42 Å². The average Bonchev–Trinajstić information content (AvgIpc) is 2.94. The molecule has 0 aliphatic rings. The maximum atomic E-state index is 12.4. The molecular weight excluding hydrogens is 360 g/mol. The van der Waals surface area contributed by atoms with E-state index in [4.69, 9.17) is 21.6 Å². The minimum absolute atomic E-state index is 0.00644. The van der Waals surface area contributed by atoms with E-state index in [2.05, 4.69) is 0 Å². The molecule has 2 aromatic carbocycles. The zero-order valence-electron chi connectivity index (χ0n) is 15.4. The van der Waals surface area contributed by atoms with Gasteiger partial charge in [0.05, 0.1) is 17.6 Å². The molecule has 4 rings (SSSR count). The van der Waals surface area contributed by atoms with Gasteiger partial charge in [-0.05, 0) is 18.2 Å². The van der Waals surface area contributed by atoms with Crippen LogP contribution in [-0.2, 0) is 18.3 Å². The topological polar surface area (TPSA) is 51.0 Å². The van der Waals surface area contributed by atoms with E-state index < -0.39 is 0 Å². The molecule has 6 heteroatoms. The number of carbonyl (C=O) groups excluding carboxylic acids is 1. The van der Waals surface area contributed by atoms with Gasteiger partial charge in [-0.3, -0.25) is 4.79 Å². The lowest BCUT2D eigenvalue weighted by Crippen LogP contribution is -2.24. The molecule has 0 radical (unpaired) electrons. The summed E-state index contributed by atoms with van der Waals surface area (Å²) in [6.45, 7) is 0. The molecule has 0 aliphatic carbocycles. The van der Waals surface area contributed by atoms with Crippen molar-refractivity contribution in [2.75, 3.05) is 14.1 Å². The molecule has 0 saturated carbocycles. The van der Waals surface area contributed by atoms with Crippen LogP contribution in [0.3, 0.4) is 0 Å². The molecule has 0 saturated heterocycles. The number of hydrogen-bond acceptors (Lipinski definition) is 3. The molecule has 1 amide bonds. The summed E-state index contributed by atoms with van der Waals surface area (Å²) in [5, 5.41) is 2.48. The summed E-state index contributed by atoms with van der Waals surface area (Å²) in [6.07, 6.45) is 0.206. The summed E-state index contributed by atoms with van der Waals surface area (Å²) >= 11 is 6.24. The summed E-state index contributed by atoms with van der Waals surface area (Å²) in [7, 11) is 5.47. The number of aromatic nitrogens is 3. The molecule has 0 spiro atoms. The van der Waals surface area contributed by atoms with Gasteiger partial charge in [0.25, 0.3) is 0 Å². The van der Waals surface area contributed by atoms with E-state index in [0.717, 1.165) is 27.5 Å². The molecule has 27 heavy (non-hydrogen) atoms. The van der Waals surface area contributed by atoms with Gasteiger partial charge in [0.1, 0.15) is 5.65 Å². The van der Waals surface area contributed by atoms with Crippen LogP contribution in [0, 0.1) is 0 Å². The number of hydrogen-bond donors (Lipinski definition) is 0. The molecule has 5 nitrogen and oxygen atoms in total. The van der Waals surface area contributed by atoms with Crippen LogP contribution in [0.5, 0.6) is 0 Å². The fraction of sp³-hybridized carbons (Fsp3) is 0.190. The minimum Gasteiger partial charge on any atom is -0.348 e. The van der Waals surface area contributed by atoms with E-state index in [9.17, 15) is 4.79 Å². The highest BCUT2D eigenvalue weighted by molar-refractivity contribution is 6.31. The lowest BCUT2D eigenvalue weighted by Gasteiger charge is -2.11. The summed E-state index contributed by atoms with van der Waals surface area (Å²) < 4.78 is 2.03. The first-order chi connectivity index (χ1) is 13.0. The maximum absolute atomic E-state index is 12.4. The van der Waals surface area contributed by atoms with Crippen molar-refractivity contribution in [1.29, 1.82) is 0 Å². The van der Waals surface area contributed by atoms with Gasteiger partial charge >= 0.3 is 0 Å². The number of amides is 1. The van der Waals surface area contributed by atoms with Crippen molar-refractivity contribution in [3.63, 3.8) is 0 Å². The lowest BCUT2D eigenvalue weighted by molar-refractivity contribution is -0.127. The van der Waals surface area contributed by atoms with Gasteiger partial charge in [-0.2, -0.15) is 0 Å². The highest BCUT2D eigenvalue weighted by Crippen LogP contribution is 2.33. The predicted octanol–water partition coefficient (Wildman–Crippen LogP) is 4.07. The Kier molecular flexibility index (Phi) is 4.32. The van der Waals surface area contributed by atoms with E-state index in [0.29, 0.717) is 16.5 Å². The quantitative estimate of drug-likeness (QED) is 0.540. The van der Waals surface area contributed by atoms with Crippen LogP contribution in [0.25, 0.3) is 33.3 Å². The molecule has 0 unspecified atom stereocenters. The Balaban J connectivity index is 2.06. The molecule has 0 fully saturated rings. The van der Waals surface area contributed by atoms with Gasteiger partial charge in [0, 0.05) is 42.5 Å². The van der Waals surface area contributed by atoms with Gasteiger partial charge in [-0.15, -0.1) is 0 Å². The molecule has 136 valence electrons. The Labute approximate surface area is 162 Å². The Bertz CT molecular complexity index is 1170. The molecule has 0 N–H and O–H groups in total. The monoisotopic (exact) mass is 378 g/mol. The number of aryl methyl sites for hydroxylation is 1. The second kappa shape index (κ2) is 6.67. The Hall–Kier alpha value is -2.92. The normalized spacial score (nSPS) is 11.3. The number of rotatable bonds is 3. The Morgan fingerprint density at radius 2 is 1.85 bits per heavy atom. The molecule has 0 atom stereocenters. The van der Waals surface area contributed by atoms with Gasteiger partial charge < -0.3 is 9.47 Å². The van der Waals surface area contributed by atoms with Gasteiger partial charge in [0.15, 0.2) is 5.82 Å². The number of likely N-dealkylation sites (N-methyl/N-ethyl adjacent to an activating group) is 1. The summed E-state index contributed by atoms with van der Waals surface area (Å²) in [6, 6.07) is 15.5. The number of nitrogens with zero attached hydrogens (tertiary/aromatic N) is 4. The van der Waals surface area contributed by atoms with Gasteiger partial charge in [-0.25, -0.2) is 9.97 Å². The summed E-state index contributed by atoms with van der Waals surface area (Å²) in [5.41, 5.74) is 3.43. The largest absolute Gasteiger partial charge is 0.348 e. The predicted molar refractivity (Wildman–Crippen MR) is 109 cm³/mol. The van der Waals surface area contributed by atoms with Crippen LogP contribution < -0.4 is 0 Å².